The first-order valence-electron chi connectivity index (χ1n) is 13.3. The molecule has 0 aromatic heterocycles. The van der Waals surface area contributed by atoms with Crippen LogP contribution in [0.5, 0.6) is 0 Å². The molecule has 6 fully saturated rings. The van der Waals surface area contributed by atoms with Gasteiger partial charge in [0.15, 0.2) is 0 Å². The van der Waals surface area contributed by atoms with Crippen LogP contribution in [0.25, 0.3) is 0 Å². The lowest BCUT2D eigenvalue weighted by Gasteiger charge is -2.56. The molecule has 0 aromatic carbocycles. The predicted octanol–water partition coefficient (Wildman–Crippen LogP) is 4.77. The summed E-state index contributed by atoms with van der Waals surface area (Å²) in [5, 5.41) is 11.1. The van der Waals surface area contributed by atoms with Crippen molar-refractivity contribution in [3.63, 3.8) is 0 Å². The molecule has 3 nitrogen and oxygen atoms in total. The van der Waals surface area contributed by atoms with E-state index in [1.165, 1.54) is 45.2 Å². The van der Waals surface area contributed by atoms with Gasteiger partial charge in [0.25, 0.3) is 0 Å². The van der Waals surface area contributed by atoms with Gasteiger partial charge in [0.05, 0.1) is 6.10 Å². The quantitative estimate of drug-likeness (QED) is 0.622. The predicted molar refractivity (Wildman–Crippen MR) is 119 cm³/mol. The van der Waals surface area contributed by atoms with Gasteiger partial charge in [-0.1, -0.05) is 20.8 Å². The third-order valence-electron chi connectivity index (χ3n) is 11.8. The molecule has 2 saturated heterocycles. The molecule has 0 spiro atoms. The molecule has 0 amide bonds. The van der Waals surface area contributed by atoms with Crippen molar-refractivity contribution >= 4 is 5.78 Å². The largest absolute Gasteiger partial charge is 0.393 e. The van der Waals surface area contributed by atoms with Crippen LogP contribution in [0, 0.1) is 58.7 Å². The number of carbonyl (C=O) groups is 1. The van der Waals surface area contributed by atoms with E-state index in [4.69, 9.17) is 0 Å². The number of aliphatic hydroxyl groups is 1. The molecule has 0 aromatic rings. The van der Waals surface area contributed by atoms with E-state index >= 15 is 0 Å². The van der Waals surface area contributed by atoms with E-state index in [2.05, 4.69) is 25.7 Å². The van der Waals surface area contributed by atoms with Gasteiger partial charge < -0.3 is 5.11 Å². The maximum Gasteiger partial charge on any atom is 0.133 e. The standard InChI is InChI=1S/C27H43NO2/c1-15-4-7-25-16(2)18-5-6-19-20(22(18)14-28(25)13-15)11-23-21(19)12-26(30)24-10-17(29)8-9-27(23,24)3/h15-16,18-26,30H,4-14H2,1-3H3/t15-,16+,18-,19+,20+,21-,22+,23-,24+,25-,26+,27+/m0/s1. The van der Waals surface area contributed by atoms with Crippen molar-refractivity contribution in [2.75, 3.05) is 13.1 Å². The molecule has 168 valence electrons. The topological polar surface area (TPSA) is 40.5 Å². The van der Waals surface area contributed by atoms with E-state index in [1.807, 2.05) is 0 Å². The SMILES string of the molecule is C[C@H]1CC[C@H]2[C@H](C)[C@@H]3CC[C@@H]4[C@@H](C[C@H]5[C@H]4C[C@@H](O)[C@H]4CC(=O)CC[C@@]45C)[C@@H]3CN2C1. The third kappa shape index (κ3) is 2.79. The lowest BCUT2D eigenvalue weighted by atomic mass is 9.51. The first-order chi connectivity index (χ1) is 14.4. The summed E-state index contributed by atoms with van der Waals surface area (Å²) in [6.45, 7) is 10.2. The lowest BCUT2D eigenvalue weighted by molar-refractivity contribution is -0.142. The van der Waals surface area contributed by atoms with Crippen LogP contribution in [0.1, 0.15) is 78.6 Å². The number of piperidine rings is 2. The first kappa shape index (κ1) is 20.2. The highest BCUT2D eigenvalue weighted by Gasteiger charge is 2.62. The Morgan fingerprint density at radius 1 is 0.900 bits per heavy atom. The van der Waals surface area contributed by atoms with Crippen LogP contribution in [0.4, 0.5) is 0 Å². The van der Waals surface area contributed by atoms with Crippen molar-refractivity contribution in [3.05, 3.63) is 0 Å². The van der Waals surface area contributed by atoms with Crippen molar-refractivity contribution in [2.24, 2.45) is 58.7 Å². The van der Waals surface area contributed by atoms with Crippen LogP contribution >= 0.6 is 0 Å². The number of ketones is 1. The van der Waals surface area contributed by atoms with Crippen LogP contribution in [0.15, 0.2) is 0 Å². The monoisotopic (exact) mass is 413 g/mol. The molecule has 2 heterocycles. The van der Waals surface area contributed by atoms with E-state index in [-0.39, 0.29) is 17.4 Å². The molecule has 1 N–H and O–H groups in total. The second kappa shape index (κ2) is 7.04. The normalized spacial score (nSPS) is 58.3. The number of rotatable bonds is 0. The van der Waals surface area contributed by atoms with Crippen LogP contribution < -0.4 is 0 Å². The van der Waals surface area contributed by atoms with Crippen molar-refractivity contribution in [3.8, 4) is 0 Å². The molecule has 0 radical (unpaired) electrons. The van der Waals surface area contributed by atoms with Gasteiger partial charge in [-0.3, -0.25) is 9.69 Å². The molecule has 4 aliphatic carbocycles. The van der Waals surface area contributed by atoms with Crippen LogP contribution in [-0.4, -0.2) is 41.0 Å². The van der Waals surface area contributed by atoms with Crippen LogP contribution in [0.2, 0.25) is 0 Å². The fraction of sp³-hybridized carbons (Fsp3) is 0.963. The average molecular weight is 414 g/mol. The molecule has 2 aliphatic heterocycles. The summed E-state index contributed by atoms with van der Waals surface area (Å²) in [5.74, 6) is 7.36. The minimum atomic E-state index is -0.241. The van der Waals surface area contributed by atoms with E-state index < -0.39 is 0 Å². The maximum absolute atomic E-state index is 12.2. The van der Waals surface area contributed by atoms with Gasteiger partial charge in [0, 0.05) is 32.0 Å². The number of fused-ring (bicyclic) bond motifs is 8. The number of carbonyl (C=O) groups excluding carboxylic acids is 1. The molecule has 3 heteroatoms. The smallest absolute Gasteiger partial charge is 0.133 e. The fourth-order valence-corrected chi connectivity index (χ4v) is 10.4. The Bertz CT molecular complexity index is 705. The summed E-state index contributed by atoms with van der Waals surface area (Å²) >= 11 is 0. The first-order valence-corrected chi connectivity index (χ1v) is 13.3. The van der Waals surface area contributed by atoms with Crippen LogP contribution in [-0.2, 0) is 4.79 Å². The minimum absolute atomic E-state index is 0.200. The zero-order valence-electron chi connectivity index (χ0n) is 19.4. The van der Waals surface area contributed by atoms with Crippen LogP contribution in [0.3, 0.4) is 0 Å². The molecule has 6 rings (SSSR count). The molecule has 4 saturated carbocycles. The summed E-state index contributed by atoms with van der Waals surface area (Å²) in [6.07, 6.45) is 10.3. The average Bonchev–Trinajstić information content (AvgIpc) is 3.09. The number of aliphatic hydroxyl groups excluding tert-OH is 1. The van der Waals surface area contributed by atoms with Crippen molar-refractivity contribution < 1.29 is 9.90 Å². The molecular formula is C27H43NO2. The number of Topliss-reactive ketones (excluding diaryl/α,β-unsaturated/α-hetero) is 1. The second-order valence-corrected chi connectivity index (χ2v) is 13.0. The lowest BCUT2D eigenvalue weighted by Crippen LogP contribution is -2.58. The van der Waals surface area contributed by atoms with Gasteiger partial charge in [0.2, 0.25) is 0 Å². The van der Waals surface area contributed by atoms with Gasteiger partial charge in [-0.15, -0.1) is 0 Å². The zero-order valence-corrected chi connectivity index (χ0v) is 19.4. The van der Waals surface area contributed by atoms with Crippen molar-refractivity contribution in [1.29, 1.82) is 0 Å². The van der Waals surface area contributed by atoms with Gasteiger partial charge in [-0.25, -0.2) is 0 Å². The molecule has 0 bridgehead atoms. The van der Waals surface area contributed by atoms with E-state index in [1.54, 1.807) is 0 Å². The Hall–Kier alpha value is -0.410. The van der Waals surface area contributed by atoms with Crippen molar-refractivity contribution in [1.82, 2.24) is 4.90 Å². The molecule has 0 unspecified atom stereocenters. The highest BCUT2D eigenvalue weighted by Crippen LogP contribution is 2.66. The molecule has 30 heavy (non-hydrogen) atoms. The van der Waals surface area contributed by atoms with E-state index in [0.717, 1.165) is 66.7 Å². The molecular weight excluding hydrogens is 370 g/mol. The third-order valence-corrected chi connectivity index (χ3v) is 11.8. The van der Waals surface area contributed by atoms with Gasteiger partial charge in [-0.2, -0.15) is 0 Å². The highest BCUT2D eigenvalue weighted by atomic mass is 16.3. The fourth-order valence-electron chi connectivity index (χ4n) is 10.4. The van der Waals surface area contributed by atoms with Gasteiger partial charge >= 0.3 is 0 Å². The molecule has 6 aliphatic rings. The van der Waals surface area contributed by atoms with Gasteiger partial charge in [0.1, 0.15) is 5.78 Å². The summed E-state index contributed by atoms with van der Waals surface area (Å²) in [7, 11) is 0. The summed E-state index contributed by atoms with van der Waals surface area (Å²) in [4.78, 5) is 15.1. The highest BCUT2D eigenvalue weighted by molar-refractivity contribution is 5.79. The minimum Gasteiger partial charge on any atom is -0.393 e. The number of hydrogen-bond acceptors (Lipinski definition) is 3. The summed E-state index contributed by atoms with van der Waals surface area (Å²) < 4.78 is 0. The Balaban J connectivity index is 1.28. The van der Waals surface area contributed by atoms with E-state index in [0.29, 0.717) is 18.1 Å². The summed E-state index contributed by atoms with van der Waals surface area (Å²) in [6, 6.07) is 0.843. The Morgan fingerprint density at radius 2 is 1.70 bits per heavy atom. The summed E-state index contributed by atoms with van der Waals surface area (Å²) in [5.41, 5.74) is 0.200. The Morgan fingerprint density at radius 3 is 2.53 bits per heavy atom. The second-order valence-electron chi connectivity index (χ2n) is 13.0. The van der Waals surface area contributed by atoms with Crippen molar-refractivity contribution in [2.45, 2.75) is 90.7 Å². The number of nitrogens with zero attached hydrogens (tertiary/aromatic N) is 1. The Labute approximate surface area is 183 Å². The number of hydrogen-bond donors (Lipinski definition) is 1. The van der Waals surface area contributed by atoms with E-state index in [9.17, 15) is 9.90 Å². The van der Waals surface area contributed by atoms with Gasteiger partial charge in [-0.05, 0) is 104 Å². The zero-order chi connectivity index (χ0) is 20.8. The Kier molecular flexibility index (Phi) is 4.75. The molecule has 12 atom stereocenters. The maximum atomic E-state index is 12.2.